The molecule has 0 saturated carbocycles. The van der Waals surface area contributed by atoms with Crippen LogP contribution in [0.5, 0.6) is 0 Å². The number of amides is 2. The number of alkyl halides is 5. The SMILES string of the molecule is CCc1cc(Nc2nccn3c(-c4cn(CC(F)F)nc4C(F)(F)F)cnc23)ccc1C(=O)NCCNC(=O)C1CC(O)CN1. The number of imidazole rings is 1. The fraction of sp³-hybridized carbons (Fsp3) is 0.393. The van der Waals surface area contributed by atoms with Crippen LogP contribution in [0, 0.1) is 0 Å². The number of β-amino-alcohol motifs (C(OH)–C–C–N with tert-alkyl or cyclic N) is 1. The van der Waals surface area contributed by atoms with Crippen molar-refractivity contribution >= 4 is 29.0 Å². The van der Waals surface area contributed by atoms with E-state index in [2.05, 4.69) is 36.3 Å². The van der Waals surface area contributed by atoms with Gasteiger partial charge in [-0.1, -0.05) is 6.92 Å². The number of rotatable bonds is 11. The third-order valence-electron chi connectivity index (χ3n) is 7.19. The van der Waals surface area contributed by atoms with Gasteiger partial charge in [0, 0.05) is 49.5 Å². The molecule has 4 aromatic rings. The van der Waals surface area contributed by atoms with Crippen LogP contribution in [0.2, 0.25) is 0 Å². The first-order valence-corrected chi connectivity index (χ1v) is 14.1. The van der Waals surface area contributed by atoms with Gasteiger partial charge >= 0.3 is 6.18 Å². The van der Waals surface area contributed by atoms with E-state index < -0.39 is 42.5 Å². The van der Waals surface area contributed by atoms with Crippen LogP contribution in [0.15, 0.2) is 43.0 Å². The summed E-state index contributed by atoms with van der Waals surface area (Å²) in [6.45, 7) is 1.62. The summed E-state index contributed by atoms with van der Waals surface area (Å²) in [7, 11) is 0. The molecular weight excluding hydrogens is 605 g/mol. The lowest BCUT2D eigenvalue weighted by Gasteiger charge is -2.14. The lowest BCUT2D eigenvalue weighted by Crippen LogP contribution is -2.43. The number of aromatic nitrogens is 5. The smallest absolute Gasteiger partial charge is 0.392 e. The molecule has 4 heterocycles. The average Bonchev–Trinajstić information content (AvgIpc) is 3.73. The molecule has 0 radical (unpaired) electrons. The van der Waals surface area contributed by atoms with Crippen molar-refractivity contribution in [3.05, 3.63) is 59.8 Å². The molecule has 2 atom stereocenters. The predicted octanol–water partition coefficient (Wildman–Crippen LogP) is 2.75. The third-order valence-corrected chi connectivity index (χ3v) is 7.19. The van der Waals surface area contributed by atoms with Crippen LogP contribution in [0.3, 0.4) is 0 Å². The molecule has 45 heavy (non-hydrogen) atoms. The van der Waals surface area contributed by atoms with E-state index in [-0.39, 0.29) is 42.1 Å². The normalized spacial score (nSPS) is 16.8. The van der Waals surface area contributed by atoms with Gasteiger partial charge in [-0.3, -0.25) is 18.7 Å². The second kappa shape index (κ2) is 13.2. The third kappa shape index (κ3) is 7.20. The Bertz CT molecular complexity index is 1690. The number of anilines is 2. The molecule has 1 fully saturated rings. The summed E-state index contributed by atoms with van der Waals surface area (Å²) in [5, 5.41) is 24.4. The molecule has 240 valence electrons. The number of hydrogen-bond donors (Lipinski definition) is 5. The number of aryl methyl sites for hydroxylation is 1. The molecule has 3 aromatic heterocycles. The van der Waals surface area contributed by atoms with Crippen molar-refractivity contribution in [3.8, 4) is 11.3 Å². The fourth-order valence-electron chi connectivity index (χ4n) is 5.08. The molecule has 1 aliphatic heterocycles. The predicted molar refractivity (Wildman–Crippen MR) is 152 cm³/mol. The molecule has 0 aliphatic carbocycles. The van der Waals surface area contributed by atoms with Gasteiger partial charge in [-0.25, -0.2) is 18.7 Å². The summed E-state index contributed by atoms with van der Waals surface area (Å²) in [5.41, 5.74) is 0.0838. The van der Waals surface area contributed by atoms with Gasteiger partial charge in [0.15, 0.2) is 17.2 Å². The fourth-order valence-corrected chi connectivity index (χ4v) is 5.08. The molecule has 5 rings (SSSR count). The number of aliphatic hydroxyl groups excluding tert-OH is 1. The monoisotopic (exact) mass is 635 g/mol. The first-order chi connectivity index (χ1) is 21.4. The zero-order valence-electron chi connectivity index (χ0n) is 23.9. The van der Waals surface area contributed by atoms with E-state index in [1.54, 1.807) is 18.2 Å². The summed E-state index contributed by atoms with van der Waals surface area (Å²) >= 11 is 0. The summed E-state index contributed by atoms with van der Waals surface area (Å²) in [6.07, 6.45) is -2.67. The molecule has 1 saturated heterocycles. The van der Waals surface area contributed by atoms with E-state index in [1.165, 1.54) is 23.0 Å². The van der Waals surface area contributed by atoms with Gasteiger partial charge in [-0.05, 0) is 36.6 Å². The van der Waals surface area contributed by atoms with Crippen molar-refractivity contribution in [2.45, 2.75) is 51.1 Å². The van der Waals surface area contributed by atoms with Crippen molar-refractivity contribution in [3.63, 3.8) is 0 Å². The van der Waals surface area contributed by atoms with E-state index in [9.17, 15) is 36.6 Å². The molecule has 12 nitrogen and oxygen atoms in total. The van der Waals surface area contributed by atoms with Crippen molar-refractivity contribution in [1.82, 2.24) is 40.1 Å². The highest BCUT2D eigenvalue weighted by Gasteiger charge is 2.38. The van der Waals surface area contributed by atoms with Gasteiger partial charge in [0.25, 0.3) is 12.3 Å². The maximum absolute atomic E-state index is 13.7. The van der Waals surface area contributed by atoms with Crippen LogP contribution in [0.25, 0.3) is 16.9 Å². The molecule has 1 aromatic carbocycles. The molecule has 1 aliphatic rings. The Morgan fingerprint density at radius 2 is 1.96 bits per heavy atom. The standard InChI is InChI=1S/C28H30F5N9O3/c1-2-15-9-16(3-4-18(15)26(44)35-5-6-36-27(45)20-10-17(43)11-37-20)39-24-25-38-12-21(42(25)8-7-34-24)19-13-41(14-22(29)30)40-23(19)28(31,32)33/h3-4,7-9,12-13,17,20,22,37,43H,2,5-6,10-11,14H2,1H3,(H,34,39)(H,35,44)(H,36,45). The van der Waals surface area contributed by atoms with Crippen LogP contribution in [0.1, 0.15) is 35.0 Å². The number of hydrogen-bond acceptors (Lipinski definition) is 8. The second-order valence-corrected chi connectivity index (χ2v) is 10.4. The number of fused-ring (bicyclic) bond motifs is 1. The largest absolute Gasteiger partial charge is 0.435 e. The molecule has 0 spiro atoms. The second-order valence-electron chi connectivity index (χ2n) is 10.4. The van der Waals surface area contributed by atoms with Gasteiger partial charge in [-0.2, -0.15) is 18.3 Å². The van der Waals surface area contributed by atoms with E-state index >= 15 is 0 Å². The lowest BCUT2D eigenvalue weighted by molar-refractivity contribution is -0.141. The quantitative estimate of drug-likeness (QED) is 0.125. The van der Waals surface area contributed by atoms with Crippen molar-refractivity contribution in [2.75, 3.05) is 25.0 Å². The van der Waals surface area contributed by atoms with E-state index in [4.69, 9.17) is 0 Å². The number of benzene rings is 1. The Labute approximate surface area is 253 Å². The Kier molecular flexibility index (Phi) is 9.29. The van der Waals surface area contributed by atoms with Crippen molar-refractivity contribution in [1.29, 1.82) is 0 Å². The number of nitrogens with zero attached hydrogens (tertiary/aromatic N) is 5. The van der Waals surface area contributed by atoms with Crippen LogP contribution in [-0.4, -0.2) is 79.3 Å². The molecule has 0 bridgehead atoms. The molecule has 2 unspecified atom stereocenters. The molecule has 2 amide bonds. The number of carbonyl (C=O) groups excluding carboxylic acids is 2. The number of aliphatic hydroxyl groups is 1. The van der Waals surface area contributed by atoms with Crippen LogP contribution in [0.4, 0.5) is 33.5 Å². The molecule has 5 N–H and O–H groups in total. The minimum absolute atomic E-state index is 0.0159. The van der Waals surface area contributed by atoms with Gasteiger partial charge < -0.3 is 26.4 Å². The highest BCUT2D eigenvalue weighted by Crippen LogP contribution is 2.37. The van der Waals surface area contributed by atoms with E-state index in [0.29, 0.717) is 40.9 Å². The first kappa shape index (κ1) is 31.8. The zero-order chi connectivity index (χ0) is 32.3. The van der Waals surface area contributed by atoms with Gasteiger partial charge in [0.1, 0.15) is 6.54 Å². The van der Waals surface area contributed by atoms with E-state index in [1.807, 2.05) is 6.92 Å². The minimum Gasteiger partial charge on any atom is -0.392 e. The maximum Gasteiger partial charge on any atom is 0.435 e. The zero-order valence-corrected chi connectivity index (χ0v) is 23.9. The van der Waals surface area contributed by atoms with Gasteiger partial charge in [0.05, 0.1) is 29.6 Å². The molecule has 17 heteroatoms. The summed E-state index contributed by atoms with van der Waals surface area (Å²) in [5.74, 6) is -0.383. The van der Waals surface area contributed by atoms with Crippen molar-refractivity contribution < 1.29 is 36.6 Å². The average molecular weight is 636 g/mol. The number of halogens is 5. The summed E-state index contributed by atoms with van der Waals surface area (Å²) in [4.78, 5) is 33.5. The van der Waals surface area contributed by atoms with Crippen LogP contribution < -0.4 is 21.3 Å². The Morgan fingerprint density at radius 1 is 1.18 bits per heavy atom. The van der Waals surface area contributed by atoms with Gasteiger partial charge in [0.2, 0.25) is 5.91 Å². The lowest BCUT2D eigenvalue weighted by atomic mass is 10.0. The van der Waals surface area contributed by atoms with E-state index in [0.717, 1.165) is 6.20 Å². The maximum atomic E-state index is 13.7. The highest BCUT2D eigenvalue weighted by molar-refractivity contribution is 5.96. The topological polar surface area (TPSA) is 150 Å². The van der Waals surface area contributed by atoms with Crippen LogP contribution in [-0.2, 0) is 23.9 Å². The van der Waals surface area contributed by atoms with Crippen molar-refractivity contribution in [2.24, 2.45) is 0 Å². The van der Waals surface area contributed by atoms with Crippen LogP contribution >= 0.6 is 0 Å². The van der Waals surface area contributed by atoms with Gasteiger partial charge in [-0.15, -0.1) is 0 Å². The molecular formula is C28H30F5N9O3. The Morgan fingerprint density at radius 3 is 2.64 bits per heavy atom. The Balaban J connectivity index is 1.29. The number of carbonyl (C=O) groups is 2. The Hall–Kier alpha value is -4.64. The first-order valence-electron chi connectivity index (χ1n) is 14.1. The summed E-state index contributed by atoms with van der Waals surface area (Å²) < 4.78 is 68.9. The summed E-state index contributed by atoms with van der Waals surface area (Å²) in [6, 6.07) is 4.52. The number of nitrogens with one attached hydrogen (secondary N) is 4. The minimum atomic E-state index is -4.89. The highest BCUT2D eigenvalue weighted by atomic mass is 19.4.